The van der Waals surface area contributed by atoms with Crippen LogP contribution in [0.2, 0.25) is 0 Å². The van der Waals surface area contributed by atoms with Crippen molar-refractivity contribution in [3.8, 4) is 11.4 Å². The van der Waals surface area contributed by atoms with E-state index >= 15 is 0 Å². The van der Waals surface area contributed by atoms with Gasteiger partial charge in [-0.25, -0.2) is 4.39 Å². The molecule has 19 heavy (non-hydrogen) atoms. The van der Waals surface area contributed by atoms with Crippen molar-refractivity contribution in [2.45, 2.75) is 6.42 Å². The third kappa shape index (κ3) is 2.10. The summed E-state index contributed by atoms with van der Waals surface area (Å²) in [5.41, 5.74) is 1.45. The zero-order valence-electron chi connectivity index (χ0n) is 9.76. The minimum absolute atomic E-state index is 0.0874. The fourth-order valence-corrected chi connectivity index (χ4v) is 1.88. The smallest absolute Gasteiger partial charge is 0.228 e. The number of hydrogen-bond acceptors (Lipinski definition) is 5. The Balaban J connectivity index is 2.01. The van der Waals surface area contributed by atoms with E-state index in [2.05, 4.69) is 20.3 Å². The predicted molar refractivity (Wildman–Crippen MR) is 65.9 cm³/mol. The van der Waals surface area contributed by atoms with Crippen molar-refractivity contribution in [3.63, 3.8) is 0 Å². The summed E-state index contributed by atoms with van der Waals surface area (Å²) < 4.78 is 18.3. The highest BCUT2D eigenvalue weighted by atomic mass is 19.1. The van der Waals surface area contributed by atoms with Crippen LogP contribution in [0, 0.1) is 10.7 Å². The molecule has 96 valence electrons. The lowest BCUT2D eigenvalue weighted by atomic mass is 10.1. The number of nitroso groups, excluding NO2 is 1. The second-order valence-corrected chi connectivity index (χ2v) is 4.01. The lowest BCUT2D eigenvalue weighted by Crippen LogP contribution is -1.88. The van der Waals surface area contributed by atoms with Gasteiger partial charge in [-0.2, -0.15) is 9.89 Å². The highest BCUT2D eigenvalue weighted by molar-refractivity contribution is 5.93. The first-order valence-corrected chi connectivity index (χ1v) is 5.66. The van der Waals surface area contributed by atoms with Gasteiger partial charge < -0.3 is 9.51 Å². The van der Waals surface area contributed by atoms with Crippen molar-refractivity contribution in [1.29, 1.82) is 0 Å². The molecular formula is C12H9FN4O2. The van der Waals surface area contributed by atoms with Gasteiger partial charge in [-0.05, 0) is 18.2 Å². The van der Waals surface area contributed by atoms with E-state index in [0.29, 0.717) is 29.1 Å². The quantitative estimate of drug-likeness (QED) is 0.731. The molecule has 7 heteroatoms. The van der Waals surface area contributed by atoms with E-state index < -0.39 is 0 Å². The zero-order valence-corrected chi connectivity index (χ0v) is 9.76. The number of nitrogens with zero attached hydrogens (tertiary/aromatic N) is 3. The molecule has 0 aliphatic rings. The molecule has 3 rings (SSSR count). The van der Waals surface area contributed by atoms with Crippen molar-refractivity contribution in [3.05, 3.63) is 41.0 Å². The highest BCUT2D eigenvalue weighted by Crippen LogP contribution is 2.27. The average molecular weight is 260 g/mol. The Morgan fingerprint density at radius 1 is 1.42 bits per heavy atom. The van der Waals surface area contributed by atoms with Crippen molar-refractivity contribution >= 4 is 10.9 Å². The van der Waals surface area contributed by atoms with Crippen LogP contribution >= 0.6 is 0 Å². The van der Waals surface area contributed by atoms with Crippen LogP contribution in [0.15, 0.2) is 34.1 Å². The maximum Gasteiger partial charge on any atom is 0.228 e. The van der Waals surface area contributed by atoms with Crippen LogP contribution in [0.3, 0.4) is 0 Å². The van der Waals surface area contributed by atoms with Gasteiger partial charge in [-0.15, -0.1) is 0 Å². The van der Waals surface area contributed by atoms with Gasteiger partial charge in [0.25, 0.3) is 0 Å². The van der Waals surface area contributed by atoms with Crippen LogP contribution in [0.1, 0.15) is 5.89 Å². The molecule has 0 aliphatic carbocycles. The highest BCUT2D eigenvalue weighted by Gasteiger charge is 2.13. The molecule has 0 aliphatic heterocycles. The average Bonchev–Trinajstić information content (AvgIpc) is 3.01. The summed E-state index contributed by atoms with van der Waals surface area (Å²) in [4.78, 5) is 17.2. The first kappa shape index (κ1) is 11.5. The molecule has 2 aromatic heterocycles. The maximum absolute atomic E-state index is 13.3. The third-order valence-electron chi connectivity index (χ3n) is 2.77. The Morgan fingerprint density at radius 2 is 2.32 bits per heavy atom. The van der Waals surface area contributed by atoms with Crippen LogP contribution < -0.4 is 0 Å². The molecule has 0 saturated heterocycles. The Bertz CT molecular complexity index is 734. The van der Waals surface area contributed by atoms with Crippen LogP contribution in [0.25, 0.3) is 22.3 Å². The third-order valence-corrected chi connectivity index (χ3v) is 2.77. The molecule has 0 radical (unpaired) electrons. The van der Waals surface area contributed by atoms with E-state index in [4.69, 9.17) is 4.52 Å². The van der Waals surface area contributed by atoms with E-state index in [0.717, 1.165) is 5.52 Å². The number of nitrogens with one attached hydrogen (secondary N) is 1. The summed E-state index contributed by atoms with van der Waals surface area (Å²) in [5, 5.41) is 7.23. The number of aromatic amines is 1. The summed E-state index contributed by atoms with van der Waals surface area (Å²) in [6, 6.07) is 4.43. The first-order valence-electron chi connectivity index (χ1n) is 5.66. The molecule has 1 aromatic carbocycles. The van der Waals surface area contributed by atoms with Gasteiger partial charge in [-0.3, -0.25) is 0 Å². The summed E-state index contributed by atoms with van der Waals surface area (Å²) in [6.07, 6.45) is 1.99. The van der Waals surface area contributed by atoms with Gasteiger partial charge in [0.1, 0.15) is 5.82 Å². The van der Waals surface area contributed by atoms with Gasteiger partial charge in [0.15, 0.2) is 0 Å². The molecular weight excluding hydrogens is 251 g/mol. The fraction of sp³-hybridized carbons (Fsp3) is 0.167. The lowest BCUT2D eigenvalue weighted by molar-refractivity contribution is 0.380. The lowest BCUT2D eigenvalue weighted by Gasteiger charge is -1.92. The van der Waals surface area contributed by atoms with E-state index in [1.807, 2.05) is 0 Å². The molecule has 6 nitrogen and oxygen atoms in total. The number of fused-ring (bicyclic) bond motifs is 1. The van der Waals surface area contributed by atoms with E-state index in [1.165, 1.54) is 12.1 Å². The summed E-state index contributed by atoms with van der Waals surface area (Å²) in [5.74, 6) is 0.361. The molecule has 0 spiro atoms. The van der Waals surface area contributed by atoms with Gasteiger partial charge in [-0.1, -0.05) is 10.3 Å². The van der Waals surface area contributed by atoms with Crippen LogP contribution in [0.4, 0.5) is 4.39 Å². The normalized spacial score (nSPS) is 11.0. The first-order chi connectivity index (χ1) is 9.28. The molecule has 2 heterocycles. The molecule has 0 unspecified atom stereocenters. The van der Waals surface area contributed by atoms with E-state index in [1.54, 1.807) is 12.3 Å². The van der Waals surface area contributed by atoms with Crippen molar-refractivity contribution in [1.82, 2.24) is 15.1 Å². The Hall–Kier alpha value is -2.57. The molecule has 3 aromatic rings. The van der Waals surface area contributed by atoms with E-state index in [-0.39, 0.29) is 12.4 Å². The van der Waals surface area contributed by atoms with Gasteiger partial charge in [0.05, 0.1) is 13.0 Å². The summed E-state index contributed by atoms with van der Waals surface area (Å²) >= 11 is 0. The molecule has 1 N–H and O–H groups in total. The van der Waals surface area contributed by atoms with Crippen LogP contribution in [-0.2, 0) is 6.42 Å². The molecule has 0 atom stereocenters. The molecule has 0 fully saturated rings. The van der Waals surface area contributed by atoms with Crippen molar-refractivity contribution < 1.29 is 8.91 Å². The molecule has 0 amide bonds. The van der Waals surface area contributed by atoms with Crippen LogP contribution in [-0.4, -0.2) is 21.7 Å². The molecule has 0 saturated carbocycles. The minimum Gasteiger partial charge on any atom is -0.360 e. The standard InChI is InChI=1S/C12H9FN4O2/c13-7-1-2-10-8(5-7)9(6-14-10)12-16-11(19-17-12)3-4-15-18/h1-2,5-6,14H,3-4H2. The zero-order chi connectivity index (χ0) is 13.2. The largest absolute Gasteiger partial charge is 0.360 e. The number of H-pyrrole nitrogens is 1. The van der Waals surface area contributed by atoms with Crippen molar-refractivity contribution in [2.24, 2.45) is 5.18 Å². The Morgan fingerprint density at radius 3 is 3.16 bits per heavy atom. The predicted octanol–water partition coefficient (Wildman–Crippen LogP) is 2.67. The second-order valence-electron chi connectivity index (χ2n) is 4.01. The van der Waals surface area contributed by atoms with Crippen LogP contribution in [0.5, 0.6) is 0 Å². The topological polar surface area (TPSA) is 84.1 Å². The van der Waals surface area contributed by atoms with Crippen molar-refractivity contribution in [2.75, 3.05) is 6.54 Å². The summed E-state index contributed by atoms with van der Waals surface area (Å²) in [6.45, 7) is 0.0874. The summed E-state index contributed by atoms with van der Waals surface area (Å²) in [7, 11) is 0. The number of rotatable bonds is 4. The van der Waals surface area contributed by atoms with Gasteiger partial charge in [0, 0.05) is 22.7 Å². The number of halogens is 1. The molecule has 0 bridgehead atoms. The Labute approximate surface area is 106 Å². The Kier molecular flexibility index (Phi) is 2.79. The van der Waals surface area contributed by atoms with Gasteiger partial charge in [0.2, 0.25) is 11.7 Å². The monoisotopic (exact) mass is 260 g/mol. The van der Waals surface area contributed by atoms with E-state index in [9.17, 15) is 9.30 Å². The van der Waals surface area contributed by atoms with Gasteiger partial charge >= 0.3 is 0 Å². The SMILES string of the molecule is O=NCCc1nc(-c2c[nH]c3ccc(F)cc23)no1. The second kappa shape index (κ2) is 4.60. The maximum atomic E-state index is 13.3. The number of aromatic nitrogens is 3. The number of benzene rings is 1. The minimum atomic E-state index is -0.331. The fourth-order valence-electron chi connectivity index (χ4n) is 1.88. The number of hydrogen-bond donors (Lipinski definition) is 1.